The molecule has 0 unspecified atom stereocenters. The lowest BCUT2D eigenvalue weighted by Crippen LogP contribution is -2.49. The van der Waals surface area contributed by atoms with Crippen LogP contribution in [0.1, 0.15) is 28.9 Å². The van der Waals surface area contributed by atoms with E-state index in [9.17, 15) is 27.9 Å². The fraction of sp³-hybridized carbons (Fsp3) is 0.375. The Hall–Kier alpha value is -4.20. The molecule has 6 rings (SSSR count). The number of carbonyl (C=O) groups is 1. The SMILES string of the molecule is O=C(c1cc2n(n1)CCO2)N1CCC(O)(Cn2cnc3c(cnn3-c3ccc(C(F)(F)F)cc3)c2=O)CC1. The monoisotopic (exact) mass is 529 g/mol. The van der Waals surface area contributed by atoms with Gasteiger partial charge in [0.15, 0.2) is 11.3 Å². The van der Waals surface area contributed by atoms with Crippen molar-refractivity contribution in [3.63, 3.8) is 0 Å². The predicted octanol–water partition coefficient (Wildman–Crippen LogP) is 1.86. The maximum Gasteiger partial charge on any atom is 0.416 e. The van der Waals surface area contributed by atoms with Gasteiger partial charge < -0.3 is 14.7 Å². The van der Waals surface area contributed by atoms with Crippen LogP contribution in [0.5, 0.6) is 5.88 Å². The molecule has 11 nitrogen and oxygen atoms in total. The van der Waals surface area contributed by atoms with E-state index in [0.29, 0.717) is 30.4 Å². The molecule has 1 fully saturated rings. The number of rotatable bonds is 4. The smallest absolute Gasteiger partial charge is 0.416 e. The summed E-state index contributed by atoms with van der Waals surface area (Å²) in [7, 11) is 0. The molecule has 3 aromatic heterocycles. The first kappa shape index (κ1) is 24.2. The van der Waals surface area contributed by atoms with Crippen LogP contribution in [-0.2, 0) is 19.3 Å². The highest BCUT2D eigenvalue weighted by atomic mass is 19.4. The lowest BCUT2D eigenvalue weighted by molar-refractivity contribution is -0.137. The number of halogens is 3. The second-order valence-corrected chi connectivity index (χ2v) is 9.47. The van der Waals surface area contributed by atoms with E-state index in [1.807, 2.05) is 0 Å². The van der Waals surface area contributed by atoms with Gasteiger partial charge in [-0.15, -0.1) is 0 Å². The zero-order valence-corrected chi connectivity index (χ0v) is 19.9. The Morgan fingerprint density at radius 3 is 2.55 bits per heavy atom. The molecule has 2 aliphatic heterocycles. The van der Waals surface area contributed by atoms with Crippen LogP contribution in [0.4, 0.5) is 13.2 Å². The van der Waals surface area contributed by atoms with Gasteiger partial charge in [-0.2, -0.15) is 23.4 Å². The molecular weight excluding hydrogens is 507 g/mol. The van der Waals surface area contributed by atoms with E-state index >= 15 is 0 Å². The lowest BCUT2D eigenvalue weighted by Gasteiger charge is -2.38. The highest BCUT2D eigenvalue weighted by Crippen LogP contribution is 2.30. The molecule has 0 atom stereocenters. The highest BCUT2D eigenvalue weighted by Gasteiger charge is 2.36. The van der Waals surface area contributed by atoms with Crippen molar-refractivity contribution in [2.45, 2.75) is 37.7 Å². The van der Waals surface area contributed by atoms with Gasteiger partial charge in [-0.3, -0.25) is 14.2 Å². The molecule has 2 aliphatic rings. The molecule has 0 aliphatic carbocycles. The van der Waals surface area contributed by atoms with Crippen LogP contribution in [0, 0.1) is 0 Å². The number of alkyl halides is 3. The van der Waals surface area contributed by atoms with E-state index in [-0.39, 0.29) is 49.4 Å². The number of likely N-dealkylation sites (tertiary alicyclic amines) is 1. The van der Waals surface area contributed by atoms with Crippen LogP contribution in [0.2, 0.25) is 0 Å². The number of hydrogen-bond donors (Lipinski definition) is 1. The molecule has 1 aromatic carbocycles. The number of aromatic nitrogens is 6. The largest absolute Gasteiger partial charge is 0.476 e. The number of amides is 1. The number of ether oxygens (including phenoxy) is 1. The molecule has 198 valence electrons. The molecule has 5 heterocycles. The third-order valence-electron chi connectivity index (χ3n) is 6.95. The van der Waals surface area contributed by atoms with Crippen LogP contribution < -0.4 is 10.3 Å². The molecule has 0 bridgehead atoms. The second kappa shape index (κ2) is 8.68. The number of fused-ring (bicyclic) bond motifs is 2. The average Bonchev–Trinajstić information content (AvgIpc) is 3.61. The van der Waals surface area contributed by atoms with Crippen molar-refractivity contribution in [3.05, 3.63) is 64.5 Å². The summed E-state index contributed by atoms with van der Waals surface area (Å²) in [5.41, 5.74) is -1.67. The average molecular weight is 529 g/mol. The Balaban J connectivity index is 1.16. The molecule has 1 amide bonds. The summed E-state index contributed by atoms with van der Waals surface area (Å²) in [5, 5.41) is 19.8. The second-order valence-electron chi connectivity index (χ2n) is 9.47. The van der Waals surface area contributed by atoms with Crippen LogP contribution >= 0.6 is 0 Å². The number of nitrogens with zero attached hydrogens (tertiary/aromatic N) is 7. The van der Waals surface area contributed by atoms with Gasteiger partial charge in [0.1, 0.15) is 18.3 Å². The fourth-order valence-corrected chi connectivity index (χ4v) is 4.82. The van der Waals surface area contributed by atoms with Gasteiger partial charge in [-0.1, -0.05) is 0 Å². The minimum atomic E-state index is -4.46. The summed E-state index contributed by atoms with van der Waals surface area (Å²) in [4.78, 5) is 31.9. The van der Waals surface area contributed by atoms with Crippen molar-refractivity contribution in [2.75, 3.05) is 19.7 Å². The number of benzene rings is 1. The summed E-state index contributed by atoms with van der Waals surface area (Å²) in [5.74, 6) is 0.319. The Labute approximate surface area is 212 Å². The predicted molar refractivity (Wildman–Crippen MR) is 126 cm³/mol. The number of carbonyl (C=O) groups excluding carboxylic acids is 1. The summed E-state index contributed by atoms with van der Waals surface area (Å²) in [6, 6.07) is 5.99. The van der Waals surface area contributed by atoms with Gasteiger partial charge in [0.2, 0.25) is 5.88 Å². The van der Waals surface area contributed by atoms with Gasteiger partial charge in [0.05, 0.1) is 36.1 Å². The third kappa shape index (κ3) is 4.20. The zero-order valence-electron chi connectivity index (χ0n) is 19.9. The fourth-order valence-electron chi connectivity index (χ4n) is 4.82. The number of piperidine rings is 1. The molecule has 14 heteroatoms. The molecular formula is C24H22F3N7O4. The summed E-state index contributed by atoms with van der Waals surface area (Å²) >= 11 is 0. The first-order valence-electron chi connectivity index (χ1n) is 11.9. The molecule has 38 heavy (non-hydrogen) atoms. The maximum absolute atomic E-state index is 13.1. The van der Waals surface area contributed by atoms with Crippen molar-refractivity contribution >= 4 is 16.9 Å². The van der Waals surface area contributed by atoms with E-state index in [2.05, 4.69) is 15.2 Å². The minimum absolute atomic E-state index is 0.0329. The topological polar surface area (TPSA) is 120 Å². The van der Waals surface area contributed by atoms with Gasteiger partial charge in [-0.25, -0.2) is 14.3 Å². The molecule has 1 N–H and O–H groups in total. The molecule has 0 spiro atoms. The van der Waals surface area contributed by atoms with E-state index in [0.717, 1.165) is 12.1 Å². The Kier molecular flexibility index (Phi) is 5.52. The van der Waals surface area contributed by atoms with Crippen LogP contribution in [0.3, 0.4) is 0 Å². The number of hydrogen-bond acceptors (Lipinski definition) is 7. The highest BCUT2D eigenvalue weighted by molar-refractivity contribution is 5.92. The van der Waals surface area contributed by atoms with Crippen molar-refractivity contribution in [2.24, 2.45) is 0 Å². The van der Waals surface area contributed by atoms with Crippen LogP contribution in [-0.4, -0.2) is 70.3 Å². The normalized spacial score (nSPS) is 17.0. The van der Waals surface area contributed by atoms with Crippen LogP contribution in [0.15, 0.2) is 47.7 Å². The molecule has 1 saturated heterocycles. The van der Waals surface area contributed by atoms with Gasteiger partial charge in [0.25, 0.3) is 11.5 Å². The Morgan fingerprint density at radius 1 is 1.13 bits per heavy atom. The molecule has 0 radical (unpaired) electrons. The maximum atomic E-state index is 13.1. The van der Waals surface area contributed by atoms with Crippen LogP contribution in [0.25, 0.3) is 16.7 Å². The first-order valence-corrected chi connectivity index (χ1v) is 11.9. The number of aliphatic hydroxyl groups is 1. The van der Waals surface area contributed by atoms with Crippen molar-refractivity contribution in [1.29, 1.82) is 0 Å². The summed E-state index contributed by atoms with van der Waals surface area (Å²) < 4.78 is 48.3. The van der Waals surface area contributed by atoms with Gasteiger partial charge >= 0.3 is 6.18 Å². The summed E-state index contributed by atoms with van der Waals surface area (Å²) in [6.45, 7) is 1.67. The zero-order chi connectivity index (χ0) is 26.7. The third-order valence-corrected chi connectivity index (χ3v) is 6.95. The van der Waals surface area contributed by atoms with E-state index < -0.39 is 22.9 Å². The van der Waals surface area contributed by atoms with Gasteiger partial charge in [-0.05, 0) is 37.1 Å². The first-order chi connectivity index (χ1) is 18.1. The summed E-state index contributed by atoms with van der Waals surface area (Å²) in [6.07, 6.45) is -1.38. The molecule has 0 saturated carbocycles. The van der Waals surface area contributed by atoms with E-state index in [4.69, 9.17) is 4.74 Å². The van der Waals surface area contributed by atoms with Crippen molar-refractivity contribution in [1.82, 2.24) is 34.0 Å². The van der Waals surface area contributed by atoms with Crippen molar-refractivity contribution in [3.8, 4) is 11.6 Å². The Bertz CT molecular complexity index is 1560. The molecule has 4 aromatic rings. The standard InChI is InChI=1S/C24H22F3N7O4/c25-24(26,27)15-1-3-16(4-2-15)34-20-17(12-29-34)21(35)32(14-28-20)13-23(37)5-7-31(8-6-23)22(36)18-11-19-33(30-18)9-10-38-19/h1-4,11-12,14,37H,5-10,13H2. The Morgan fingerprint density at radius 2 is 1.87 bits per heavy atom. The van der Waals surface area contributed by atoms with Crippen molar-refractivity contribution < 1.29 is 27.8 Å². The van der Waals surface area contributed by atoms with E-state index in [1.165, 1.54) is 33.9 Å². The quantitative estimate of drug-likeness (QED) is 0.429. The lowest BCUT2D eigenvalue weighted by atomic mass is 9.91. The minimum Gasteiger partial charge on any atom is -0.476 e. The van der Waals surface area contributed by atoms with Gasteiger partial charge in [0, 0.05) is 19.2 Å². The van der Waals surface area contributed by atoms with E-state index in [1.54, 1.807) is 15.6 Å².